The van der Waals surface area contributed by atoms with Crippen LogP contribution in [0.1, 0.15) is 6.42 Å². The maximum atomic E-state index is 16.7. The average Bonchev–Trinajstić information content (AvgIpc) is 3.89. The molecule has 5 saturated heterocycles. The van der Waals surface area contributed by atoms with Crippen LogP contribution in [0.2, 0.25) is 0 Å². The van der Waals surface area contributed by atoms with Gasteiger partial charge in [-0.1, -0.05) is 0 Å². The van der Waals surface area contributed by atoms with Crippen molar-refractivity contribution in [2.24, 2.45) is 47.3 Å². The molecule has 5 heterocycles. The van der Waals surface area contributed by atoms with Crippen LogP contribution in [-0.2, 0) is 17.1 Å². The van der Waals surface area contributed by atoms with Gasteiger partial charge in [-0.15, -0.1) is 9.60 Å². The third-order valence-electron chi connectivity index (χ3n) is 14.4. The van der Waals surface area contributed by atoms with Gasteiger partial charge in [-0.25, -0.2) is 65.9 Å². The minimum atomic E-state index is -3.18. The number of hydrogen-bond acceptors (Lipinski definition) is 8. The molecule has 0 amide bonds. The normalized spacial score (nSPS) is 63.9. The molecule has 31 unspecified atom stereocenters. The van der Waals surface area contributed by atoms with Gasteiger partial charge in [0.1, 0.15) is 49.4 Å². The first kappa shape index (κ1) is 42.8. The summed E-state index contributed by atoms with van der Waals surface area (Å²) in [6.45, 7) is 0. The molecule has 25 heteroatoms. The largest absolute Gasteiger partial charge is 0.286 e. The fourth-order valence-corrected chi connectivity index (χ4v) is 11.8. The molecule has 1 radical (unpaired) electrons. The zero-order valence-electron chi connectivity index (χ0n) is 28.9. The van der Waals surface area contributed by atoms with Gasteiger partial charge in [0, 0.05) is 58.5 Å². The number of halogens is 16. The second-order valence-electron chi connectivity index (χ2n) is 16.9. The molecule has 31 atom stereocenters. The first-order chi connectivity index (χ1) is 26.4. The van der Waals surface area contributed by atoms with Crippen molar-refractivity contribution in [1.82, 2.24) is 42.3 Å². The Kier molecular flexibility index (Phi) is 11.4. The minimum absolute atomic E-state index is 0. The number of alkyl halides is 15. The predicted molar refractivity (Wildman–Crippen MR) is 161 cm³/mol. The van der Waals surface area contributed by atoms with Gasteiger partial charge in [-0.2, -0.15) is 0 Å². The van der Waals surface area contributed by atoms with Crippen molar-refractivity contribution < 1.29 is 87.4 Å². The van der Waals surface area contributed by atoms with Crippen molar-refractivity contribution in [3.63, 3.8) is 0 Å². The average molecular weight is 904 g/mol. The predicted octanol–water partition coefficient (Wildman–Crippen LogP) is 2.42. The minimum Gasteiger partial charge on any atom is -0.286 e. The maximum absolute atomic E-state index is 16.7. The van der Waals surface area contributed by atoms with Crippen molar-refractivity contribution in [3.8, 4) is 0 Å². The van der Waals surface area contributed by atoms with E-state index in [2.05, 4.69) is 37.2 Å². The van der Waals surface area contributed by atoms with E-state index in [1.54, 1.807) is 0 Å². The summed E-state index contributed by atoms with van der Waals surface area (Å²) in [4.78, 5) is 0. The molecule has 9 aliphatic rings. The van der Waals surface area contributed by atoms with Crippen LogP contribution < -0.4 is 37.2 Å². The second kappa shape index (κ2) is 15.2. The van der Waals surface area contributed by atoms with Gasteiger partial charge in [0.05, 0.1) is 49.3 Å². The van der Waals surface area contributed by atoms with Crippen LogP contribution in [0.15, 0.2) is 0 Å². The van der Waals surface area contributed by atoms with Gasteiger partial charge >= 0.3 is 0 Å². The summed E-state index contributed by atoms with van der Waals surface area (Å²) in [6, 6.07) is 0. The first-order valence-electron chi connectivity index (χ1n) is 18.8. The van der Waals surface area contributed by atoms with Crippen LogP contribution in [0.25, 0.3) is 0 Å². The third-order valence-corrected chi connectivity index (χ3v) is 14.4. The van der Waals surface area contributed by atoms with Gasteiger partial charge in [0.25, 0.3) is 0 Å². The Morgan fingerprint density at radius 1 is 0.298 bits per heavy atom. The summed E-state index contributed by atoms with van der Waals surface area (Å²) in [7, 11) is 0. The van der Waals surface area contributed by atoms with Crippen molar-refractivity contribution in [2.75, 3.05) is 0 Å². The topological polar surface area (TPSA) is 87.4 Å². The summed E-state index contributed by atoms with van der Waals surface area (Å²) >= 11 is 0. The van der Waals surface area contributed by atoms with E-state index in [1.807, 2.05) is 0 Å². The Balaban J connectivity index is 0.00000455. The Hall–Kier alpha value is -0.921. The number of nitrogens with zero attached hydrogens (tertiary/aromatic N) is 1. The molecule has 4 saturated carbocycles. The van der Waals surface area contributed by atoms with Crippen molar-refractivity contribution in [1.29, 1.82) is 0 Å². The molecule has 7 N–H and O–H groups in total. The van der Waals surface area contributed by atoms with Gasteiger partial charge in [-0.3, -0.25) is 37.2 Å². The standard InChI is InChI=1S/C32H40F16N8.Cu/c33-3-1-2-4(12(35)11(3)34)26-49-25(2)50-27-5-6(14(37)20(43)19(42)13(5)36)28(51-27)52-29-7-8(16(39)22(45)21(44)15(7)38)30(53-29)55-32-10-9(31(54-26)56(32)48)17(40)23(46)24(47)18(10)41;/h2-32,49-55H,1H2;. The fraction of sp³-hybridized carbons (Fsp3) is 1.00. The molecule has 4 aliphatic carbocycles. The van der Waals surface area contributed by atoms with E-state index in [1.165, 1.54) is 0 Å². The van der Waals surface area contributed by atoms with Crippen molar-refractivity contribution in [2.45, 2.75) is 148 Å². The Morgan fingerprint density at radius 3 is 0.912 bits per heavy atom. The summed E-state index contributed by atoms with van der Waals surface area (Å²) in [5.74, 6) is -15.2. The molecule has 0 aromatic rings. The van der Waals surface area contributed by atoms with Gasteiger partial charge in [-0.05, 0) is 12.3 Å². The Morgan fingerprint density at radius 2 is 0.561 bits per heavy atom. The molecule has 8 bridgehead atoms. The van der Waals surface area contributed by atoms with Crippen LogP contribution in [0, 0.1) is 47.3 Å². The van der Waals surface area contributed by atoms with Gasteiger partial charge in [0.2, 0.25) is 0 Å². The molecule has 9 fully saturated rings. The van der Waals surface area contributed by atoms with E-state index < -0.39 is 196 Å². The van der Waals surface area contributed by atoms with E-state index in [4.69, 9.17) is 0 Å². The van der Waals surface area contributed by atoms with E-state index in [0.717, 1.165) is 0 Å². The molecular weight excluding hydrogens is 864 g/mol. The second-order valence-corrected chi connectivity index (χ2v) is 16.9. The molecule has 9 rings (SSSR count). The molecule has 8 nitrogen and oxygen atoms in total. The summed E-state index contributed by atoms with van der Waals surface area (Å²) < 4.78 is 247. The summed E-state index contributed by atoms with van der Waals surface area (Å²) in [5.41, 5.74) is 0. The quantitative estimate of drug-likeness (QED) is 0.114. The van der Waals surface area contributed by atoms with E-state index in [9.17, 15) is 35.1 Å². The maximum Gasteiger partial charge on any atom is 0.165 e. The van der Waals surface area contributed by atoms with Crippen molar-refractivity contribution >= 4 is 0 Å². The first-order valence-corrected chi connectivity index (χ1v) is 18.8. The van der Waals surface area contributed by atoms with E-state index >= 15 is 35.2 Å². The van der Waals surface area contributed by atoms with Crippen LogP contribution in [0.5, 0.6) is 0 Å². The monoisotopic (exact) mass is 903 g/mol. The fourth-order valence-electron chi connectivity index (χ4n) is 11.8. The van der Waals surface area contributed by atoms with Crippen LogP contribution >= 0.6 is 0 Å². The zero-order valence-corrected chi connectivity index (χ0v) is 29.8. The summed E-state index contributed by atoms with van der Waals surface area (Å²) in [5, 5.41) is 17.8. The molecule has 0 aromatic heterocycles. The number of fused-ring (bicyclic) bond motifs is 20. The van der Waals surface area contributed by atoms with Crippen LogP contribution in [0.3, 0.4) is 0 Å². The van der Waals surface area contributed by atoms with Gasteiger partial charge < -0.3 is 0 Å². The summed E-state index contributed by atoms with van der Waals surface area (Å²) in [6.07, 6.45) is -59.4. The SMILES string of the molecule is FC1CC2C3NC(NC4C5C(F)C(F)C(F)C(F)C5C(NC5NC(NC6NC(N3)C3C(F)C(F)C(F)C(F)C63)C3C(F)C(F)C(F)C(F)C53)N4F)C2C(F)C1F.[Cu]. The van der Waals surface area contributed by atoms with Crippen LogP contribution in [0.4, 0.5) is 70.3 Å². The molecule has 57 heavy (non-hydrogen) atoms. The Bertz CT molecular complexity index is 1480. The molecule has 331 valence electrons. The molecule has 0 aromatic carbocycles. The number of rotatable bonds is 0. The third kappa shape index (κ3) is 6.13. The Labute approximate surface area is 325 Å². The number of nitrogens with one attached hydrogen (secondary N) is 7. The van der Waals surface area contributed by atoms with Crippen LogP contribution in [-0.4, -0.2) is 147 Å². The molecule has 0 spiro atoms. The smallest absolute Gasteiger partial charge is 0.165 e. The molecular formula is C32H40CuF16N8. The zero-order chi connectivity index (χ0) is 40.1. The van der Waals surface area contributed by atoms with Crippen molar-refractivity contribution in [3.05, 3.63) is 0 Å². The number of hydrogen-bond donors (Lipinski definition) is 7. The van der Waals surface area contributed by atoms with E-state index in [-0.39, 0.29) is 22.2 Å². The van der Waals surface area contributed by atoms with Gasteiger partial charge in [0.15, 0.2) is 43.2 Å². The van der Waals surface area contributed by atoms with E-state index in [0.29, 0.717) is 0 Å². The molecule has 5 aliphatic heterocycles.